The van der Waals surface area contributed by atoms with Gasteiger partial charge in [-0.1, -0.05) is 48.5 Å². The predicted molar refractivity (Wildman–Crippen MR) is 80.3 cm³/mol. The van der Waals surface area contributed by atoms with Gasteiger partial charge in [0, 0.05) is 5.56 Å². The predicted octanol–water partition coefficient (Wildman–Crippen LogP) is 2.60. The van der Waals surface area contributed by atoms with E-state index < -0.39 is 0 Å². The first-order valence-electron chi connectivity index (χ1n) is 6.75. The zero-order valence-electron chi connectivity index (χ0n) is 11.5. The molecular formula is C16H16N4O. The van der Waals surface area contributed by atoms with Crippen molar-refractivity contribution in [2.45, 2.75) is 13.2 Å². The number of nitrogens with one attached hydrogen (secondary N) is 1. The van der Waals surface area contributed by atoms with Crippen LogP contribution in [-0.4, -0.2) is 14.9 Å². The first-order valence-corrected chi connectivity index (χ1v) is 6.75. The van der Waals surface area contributed by atoms with E-state index in [9.17, 15) is 0 Å². The molecule has 0 unspecified atom stereocenters. The molecule has 3 aromatic rings. The molecule has 1 aromatic heterocycles. The zero-order chi connectivity index (χ0) is 14.3. The highest BCUT2D eigenvalue weighted by atomic mass is 16.5. The summed E-state index contributed by atoms with van der Waals surface area (Å²) in [6.45, 7) is 1.20. The Bertz CT molecular complexity index is 668. The lowest BCUT2D eigenvalue weighted by Gasteiger charge is -2.12. The minimum atomic E-state index is 0.560. The van der Waals surface area contributed by atoms with Crippen molar-refractivity contribution in [3.05, 3.63) is 78.4 Å². The van der Waals surface area contributed by atoms with Crippen LogP contribution in [0.1, 0.15) is 11.1 Å². The lowest BCUT2D eigenvalue weighted by atomic mass is 10.2. The number of hydrogen-bond donors (Lipinski definition) is 1. The van der Waals surface area contributed by atoms with E-state index >= 15 is 0 Å². The molecular weight excluding hydrogens is 264 g/mol. The third-order valence-electron chi connectivity index (χ3n) is 3.08. The van der Waals surface area contributed by atoms with Crippen molar-refractivity contribution in [2.75, 3.05) is 5.43 Å². The Hall–Kier alpha value is -2.82. The molecule has 0 atom stereocenters. The van der Waals surface area contributed by atoms with Crippen LogP contribution < -0.4 is 10.2 Å². The SMILES string of the molecule is c1ccc(COc2ccccc2CNn2cnnc2)cc1. The fourth-order valence-corrected chi connectivity index (χ4v) is 1.98. The molecule has 0 saturated heterocycles. The molecule has 0 aliphatic heterocycles. The van der Waals surface area contributed by atoms with Crippen LogP contribution in [0.15, 0.2) is 67.3 Å². The van der Waals surface area contributed by atoms with Crippen LogP contribution in [0.2, 0.25) is 0 Å². The van der Waals surface area contributed by atoms with Gasteiger partial charge in [0.25, 0.3) is 0 Å². The maximum Gasteiger partial charge on any atom is 0.138 e. The average molecular weight is 280 g/mol. The Balaban J connectivity index is 1.64. The van der Waals surface area contributed by atoms with Crippen LogP contribution >= 0.6 is 0 Å². The standard InChI is InChI=1S/C16H16N4O/c1-2-6-14(7-3-1)11-21-16-9-5-4-8-15(16)10-19-20-12-17-18-13-20/h1-9,12-13,19H,10-11H2. The van der Waals surface area contributed by atoms with E-state index in [0.717, 1.165) is 16.9 Å². The van der Waals surface area contributed by atoms with E-state index in [1.165, 1.54) is 0 Å². The highest BCUT2D eigenvalue weighted by Gasteiger charge is 2.03. The Morgan fingerprint density at radius 3 is 2.43 bits per heavy atom. The van der Waals surface area contributed by atoms with Gasteiger partial charge in [0.15, 0.2) is 0 Å². The zero-order valence-corrected chi connectivity index (χ0v) is 11.5. The van der Waals surface area contributed by atoms with Crippen molar-refractivity contribution in [1.82, 2.24) is 14.9 Å². The molecule has 0 fully saturated rings. The summed E-state index contributed by atoms with van der Waals surface area (Å²) in [5, 5.41) is 7.50. The Kier molecular flexibility index (Phi) is 4.12. The molecule has 106 valence electrons. The number of para-hydroxylation sites is 1. The van der Waals surface area contributed by atoms with Crippen molar-refractivity contribution < 1.29 is 4.74 Å². The average Bonchev–Trinajstić information content (AvgIpc) is 3.06. The summed E-state index contributed by atoms with van der Waals surface area (Å²) in [5.41, 5.74) is 5.43. The van der Waals surface area contributed by atoms with E-state index in [2.05, 4.69) is 27.8 Å². The number of hydrogen-bond acceptors (Lipinski definition) is 4. The molecule has 21 heavy (non-hydrogen) atoms. The van der Waals surface area contributed by atoms with Crippen LogP contribution in [0.5, 0.6) is 5.75 Å². The van der Waals surface area contributed by atoms with Gasteiger partial charge in [-0.05, 0) is 11.6 Å². The van der Waals surface area contributed by atoms with E-state index in [0.29, 0.717) is 13.2 Å². The molecule has 0 radical (unpaired) electrons. The van der Waals surface area contributed by atoms with Crippen molar-refractivity contribution in [3.63, 3.8) is 0 Å². The lowest BCUT2D eigenvalue weighted by molar-refractivity contribution is 0.303. The summed E-state index contributed by atoms with van der Waals surface area (Å²) in [6.07, 6.45) is 3.24. The van der Waals surface area contributed by atoms with Gasteiger partial charge in [-0.15, -0.1) is 10.2 Å². The van der Waals surface area contributed by atoms with Gasteiger partial charge >= 0.3 is 0 Å². The van der Waals surface area contributed by atoms with Crippen LogP contribution in [-0.2, 0) is 13.2 Å². The molecule has 5 nitrogen and oxygen atoms in total. The minimum Gasteiger partial charge on any atom is -0.489 e. The molecule has 2 aromatic carbocycles. The molecule has 0 bridgehead atoms. The number of aromatic nitrogens is 3. The maximum absolute atomic E-state index is 5.91. The van der Waals surface area contributed by atoms with Crippen molar-refractivity contribution in [3.8, 4) is 5.75 Å². The van der Waals surface area contributed by atoms with Gasteiger partial charge in [0.05, 0.1) is 6.54 Å². The molecule has 0 spiro atoms. The van der Waals surface area contributed by atoms with Gasteiger partial charge < -0.3 is 10.2 Å². The summed E-state index contributed by atoms with van der Waals surface area (Å²) in [4.78, 5) is 0. The van der Waals surface area contributed by atoms with Crippen LogP contribution in [0.4, 0.5) is 0 Å². The largest absolute Gasteiger partial charge is 0.489 e. The summed E-state index contributed by atoms with van der Waals surface area (Å²) >= 11 is 0. The van der Waals surface area contributed by atoms with Crippen molar-refractivity contribution >= 4 is 0 Å². The van der Waals surface area contributed by atoms with E-state index in [1.54, 1.807) is 17.3 Å². The second-order valence-electron chi connectivity index (χ2n) is 4.59. The van der Waals surface area contributed by atoms with Gasteiger partial charge in [-0.25, -0.2) is 4.68 Å². The summed E-state index contributed by atoms with van der Waals surface area (Å²) < 4.78 is 7.63. The molecule has 0 saturated carbocycles. The highest BCUT2D eigenvalue weighted by molar-refractivity contribution is 5.34. The number of rotatable bonds is 6. The van der Waals surface area contributed by atoms with E-state index in [-0.39, 0.29) is 0 Å². The molecule has 1 N–H and O–H groups in total. The molecule has 0 aliphatic carbocycles. The first kappa shape index (κ1) is 13.2. The molecule has 3 rings (SSSR count). The normalized spacial score (nSPS) is 10.3. The third kappa shape index (κ3) is 3.60. The number of nitrogens with zero attached hydrogens (tertiary/aromatic N) is 3. The van der Waals surface area contributed by atoms with Crippen LogP contribution in [0.25, 0.3) is 0 Å². The maximum atomic E-state index is 5.91. The topological polar surface area (TPSA) is 52.0 Å². The fraction of sp³-hybridized carbons (Fsp3) is 0.125. The monoisotopic (exact) mass is 280 g/mol. The minimum absolute atomic E-state index is 0.560. The van der Waals surface area contributed by atoms with Gasteiger partial charge in [-0.2, -0.15) is 0 Å². The smallest absolute Gasteiger partial charge is 0.138 e. The van der Waals surface area contributed by atoms with Crippen molar-refractivity contribution in [1.29, 1.82) is 0 Å². The Morgan fingerprint density at radius 1 is 0.905 bits per heavy atom. The van der Waals surface area contributed by atoms with Gasteiger partial charge in [0.1, 0.15) is 25.0 Å². The summed E-state index contributed by atoms with van der Waals surface area (Å²) in [7, 11) is 0. The van der Waals surface area contributed by atoms with Gasteiger partial charge in [-0.3, -0.25) is 0 Å². The quantitative estimate of drug-likeness (QED) is 0.754. The van der Waals surface area contributed by atoms with E-state index in [1.807, 2.05) is 42.5 Å². The Labute approximate surface area is 123 Å². The Morgan fingerprint density at radius 2 is 1.62 bits per heavy atom. The van der Waals surface area contributed by atoms with E-state index in [4.69, 9.17) is 4.74 Å². The van der Waals surface area contributed by atoms with Crippen LogP contribution in [0, 0.1) is 0 Å². The second-order valence-corrected chi connectivity index (χ2v) is 4.59. The third-order valence-corrected chi connectivity index (χ3v) is 3.08. The first-order chi connectivity index (χ1) is 10.4. The molecule has 5 heteroatoms. The van der Waals surface area contributed by atoms with Crippen molar-refractivity contribution in [2.24, 2.45) is 0 Å². The summed E-state index contributed by atoms with van der Waals surface area (Å²) in [5.74, 6) is 0.877. The summed E-state index contributed by atoms with van der Waals surface area (Å²) in [6, 6.07) is 18.1. The lowest BCUT2D eigenvalue weighted by Crippen LogP contribution is -2.13. The van der Waals surface area contributed by atoms with Crippen LogP contribution in [0.3, 0.4) is 0 Å². The van der Waals surface area contributed by atoms with Gasteiger partial charge in [0.2, 0.25) is 0 Å². The molecule has 1 heterocycles. The number of ether oxygens (including phenoxy) is 1. The fourth-order valence-electron chi connectivity index (χ4n) is 1.98. The number of benzene rings is 2. The highest BCUT2D eigenvalue weighted by Crippen LogP contribution is 2.19. The molecule has 0 aliphatic rings. The molecule has 0 amide bonds. The second kappa shape index (κ2) is 6.56.